The highest BCUT2D eigenvalue weighted by atomic mass is 32.2. The van der Waals surface area contributed by atoms with E-state index in [2.05, 4.69) is 11.9 Å². The molecule has 16 heavy (non-hydrogen) atoms. The fourth-order valence-corrected chi connectivity index (χ4v) is 3.41. The normalized spacial score (nSPS) is 39.0. The molecule has 2 rings (SSSR count). The van der Waals surface area contributed by atoms with Crippen molar-refractivity contribution in [3.8, 4) is 0 Å². The molecule has 2 aliphatic heterocycles. The first-order valence-corrected chi connectivity index (χ1v) is 6.78. The van der Waals surface area contributed by atoms with Crippen LogP contribution in [0, 0.1) is 5.92 Å². The van der Waals surface area contributed by atoms with E-state index < -0.39 is 0 Å². The Morgan fingerprint density at radius 2 is 2.44 bits per heavy atom. The van der Waals surface area contributed by atoms with Crippen LogP contribution in [0.1, 0.15) is 20.3 Å². The van der Waals surface area contributed by atoms with Gasteiger partial charge in [-0.15, -0.1) is 0 Å². The standard InChI is InChI=1S/C11H20N2O2S/c1-3-14-5-8-4-9-7(2)16-11(12)13-10(9)6-15-8/h7-10H,3-6H2,1-2H3,(H2,12,13). The first kappa shape index (κ1) is 12.2. The van der Waals surface area contributed by atoms with Crippen LogP contribution in [-0.2, 0) is 9.47 Å². The number of thioether (sulfide) groups is 1. The number of nitrogens with two attached hydrogens (primary N) is 1. The van der Waals surface area contributed by atoms with Gasteiger partial charge in [-0.1, -0.05) is 18.7 Å². The Morgan fingerprint density at radius 3 is 3.19 bits per heavy atom. The molecule has 0 amide bonds. The molecule has 0 aromatic carbocycles. The van der Waals surface area contributed by atoms with Crippen LogP contribution in [0.15, 0.2) is 4.99 Å². The first-order chi connectivity index (χ1) is 7.70. The summed E-state index contributed by atoms with van der Waals surface area (Å²) in [4.78, 5) is 4.46. The van der Waals surface area contributed by atoms with E-state index >= 15 is 0 Å². The second-order valence-corrected chi connectivity index (χ2v) is 5.77. The molecule has 0 aliphatic carbocycles. The summed E-state index contributed by atoms with van der Waals surface area (Å²) in [7, 11) is 0. The van der Waals surface area contributed by atoms with E-state index in [9.17, 15) is 0 Å². The number of rotatable bonds is 3. The molecule has 0 saturated carbocycles. The number of nitrogens with zero attached hydrogens (tertiary/aromatic N) is 1. The lowest BCUT2D eigenvalue weighted by atomic mass is 9.89. The van der Waals surface area contributed by atoms with Gasteiger partial charge in [-0.05, 0) is 19.3 Å². The summed E-state index contributed by atoms with van der Waals surface area (Å²) >= 11 is 1.68. The number of hydrogen-bond donors (Lipinski definition) is 1. The molecule has 0 radical (unpaired) electrons. The van der Waals surface area contributed by atoms with Crippen LogP contribution in [0.25, 0.3) is 0 Å². The zero-order valence-electron chi connectivity index (χ0n) is 9.89. The molecule has 1 saturated heterocycles. The van der Waals surface area contributed by atoms with E-state index in [1.807, 2.05) is 6.92 Å². The average Bonchev–Trinajstić information content (AvgIpc) is 2.26. The summed E-state index contributed by atoms with van der Waals surface area (Å²) in [5.74, 6) is 0.580. The van der Waals surface area contributed by atoms with E-state index in [1.54, 1.807) is 11.8 Å². The largest absolute Gasteiger partial charge is 0.379 e. The number of ether oxygens (including phenoxy) is 2. The van der Waals surface area contributed by atoms with Gasteiger partial charge in [0.05, 0.1) is 25.4 Å². The molecule has 4 unspecified atom stereocenters. The molecule has 0 bridgehead atoms. The summed E-state index contributed by atoms with van der Waals surface area (Å²) in [5, 5.41) is 1.25. The van der Waals surface area contributed by atoms with Gasteiger partial charge < -0.3 is 15.2 Å². The quantitative estimate of drug-likeness (QED) is 0.811. The fourth-order valence-electron chi connectivity index (χ4n) is 2.36. The van der Waals surface area contributed by atoms with Crippen LogP contribution >= 0.6 is 11.8 Å². The second kappa shape index (κ2) is 5.38. The molecule has 4 atom stereocenters. The lowest BCUT2D eigenvalue weighted by Crippen LogP contribution is -2.45. The molecule has 5 heteroatoms. The first-order valence-electron chi connectivity index (χ1n) is 5.90. The van der Waals surface area contributed by atoms with Crippen molar-refractivity contribution in [3.05, 3.63) is 0 Å². The van der Waals surface area contributed by atoms with E-state index in [4.69, 9.17) is 15.2 Å². The third kappa shape index (κ3) is 2.70. The Kier molecular flexibility index (Phi) is 4.10. The van der Waals surface area contributed by atoms with Crippen molar-refractivity contribution in [2.24, 2.45) is 16.6 Å². The summed E-state index contributed by atoms with van der Waals surface area (Å²) in [6, 6.07) is 0.258. The molecule has 1 fully saturated rings. The van der Waals surface area contributed by atoms with Crippen molar-refractivity contribution in [2.75, 3.05) is 19.8 Å². The molecule has 92 valence electrons. The van der Waals surface area contributed by atoms with Crippen LogP contribution in [-0.4, -0.2) is 42.4 Å². The minimum absolute atomic E-state index is 0.235. The van der Waals surface area contributed by atoms with E-state index in [-0.39, 0.29) is 12.1 Å². The van der Waals surface area contributed by atoms with Crippen molar-refractivity contribution in [3.63, 3.8) is 0 Å². The van der Waals surface area contributed by atoms with Crippen LogP contribution in [0.5, 0.6) is 0 Å². The van der Waals surface area contributed by atoms with Gasteiger partial charge in [0.25, 0.3) is 0 Å². The van der Waals surface area contributed by atoms with Gasteiger partial charge >= 0.3 is 0 Å². The van der Waals surface area contributed by atoms with E-state index in [0.717, 1.165) is 13.0 Å². The lowest BCUT2D eigenvalue weighted by Gasteiger charge is -2.39. The molecule has 2 heterocycles. The monoisotopic (exact) mass is 244 g/mol. The minimum atomic E-state index is 0.235. The van der Waals surface area contributed by atoms with Gasteiger partial charge in [0, 0.05) is 11.9 Å². The minimum Gasteiger partial charge on any atom is -0.379 e. The van der Waals surface area contributed by atoms with Crippen LogP contribution in [0.4, 0.5) is 0 Å². The SMILES string of the molecule is CCOCC1CC2C(CO1)N=C(N)SC2C. The third-order valence-corrected chi connectivity index (χ3v) is 4.31. The maximum absolute atomic E-state index is 5.78. The maximum Gasteiger partial charge on any atom is 0.154 e. The van der Waals surface area contributed by atoms with Gasteiger partial charge in [-0.3, -0.25) is 4.99 Å². The Hall–Kier alpha value is -0.260. The van der Waals surface area contributed by atoms with Crippen LogP contribution in [0.3, 0.4) is 0 Å². The van der Waals surface area contributed by atoms with Crippen molar-refractivity contribution >= 4 is 16.9 Å². The zero-order chi connectivity index (χ0) is 11.5. The highest BCUT2D eigenvalue weighted by Gasteiger charge is 2.37. The molecule has 2 N–H and O–H groups in total. The Balaban J connectivity index is 1.93. The molecule has 0 aromatic heterocycles. The van der Waals surface area contributed by atoms with Crippen molar-refractivity contribution in [2.45, 2.75) is 37.7 Å². The van der Waals surface area contributed by atoms with Gasteiger partial charge in [-0.25, -0.2) is 0 Å². The lowest BCUT2D eigenvalue weighted by molar-refractivity contribution is -0.0629. The van der Waals surface area contributed by atoms with Gasteiger partial charge in [0.1, 0.15) is 0 Å². The van der Waals surface area contributed by atoms with Gasteiger partial charge in [-0.2, -0.15) is 0 Å². The third-order valence-electron chi connectivity index (χ3n) is 3.24. The second-order valence-electron chi connectivity index (χ2n) is 4.37. The Labute approximate surface area is 101 Å². The van der Waals surface area contributed by atoms with Gasteiger partial charge in [0.15, 0.2) is 5.17 Å². The smallest absolute Gasteiger partial charge is 0.154 e. The molecular weight excluding hydrogens is 224 g/mol. The van der Waals surface area contributed by atoms with E-state index in [1.165, 1.54) is 0 Å². The predicted octanol–water partition coefficient (Wildman–Crippen LogP) is 1.25. The average molecular weight is 244 g/mol. The topological polar surface area (TPSA) is 56.8 Å². The predicted molar refractivity (Wildman–Crippen MR) is 66.8 cm³/mol. The summed E-state index contributed by atoms with van der Waals surface area (Å²) in [6.07, 6.45) is 1.27. The summed E-state index contributed by atoms with van der Waals surface area (Å²) in [6.45, 7) is 6.39. The van der Waals surface area contributed by atoms with Crippen molar-refractivity contribution in [1.29, 1.82) is 0 Å². The Morgan fingerprint density at radius 1 is 1.62 bits per heavy atom. The highest BCUT2D eigenvalue weighted by molar-refractivity contribution is 8.14. The molecule has 2 aliphatic rings. The molecule has 0 aromatic rings. The van der Waals surface area contributed by atoms with Crippen LogP contribution in [0.2, 0.25) is 0 Å². The van der Waals surface area contributed by atoms with Crippen LogP contribution < -0.4 is 5.73 Å². The van der Waals surface area contributed by atoms with Crippen molar-refractivity contribution in [1.82, 2.24) is 0 Å². The zero-order valence-corrected chi connectivity index (χ0v) is 10.7. The maximum atomic E-state index is 5.78. The summed E-state index contributed by atoms with van der Waals surface area (Å²) in [5.41, 5.74) is 5.78. The number of amidine groups is 1. The van der Waals surface area contributed by atoms with E-state index in [0.29, 0.717) is 29.5 Å². The Bertz CT molecular complexity index is 273. The molecule has 0 spiro atoms. The fraction of sp³-hybridized carbons (Fsp3) is 0.909. The molecule has 4 nitrogen and oxygen atoms in total. The summed E-state index contributed by atoms with van der Waals surface area (Å²) < 4.78 is 11.2. The number of aliphatic imine (C=N–C) groups is 1. The number of hydrogen-bond acceptors (Lipinski definition) is 5. The molecular formula is C11H20N2O2S. The highest BCUT2D eigenvalue weighted by Crippen LogP contribution is 2.35. The van der Waals surface area contributed by atoms with Crippen molar-refractivity contribution < 1.29 is 9.47 Å². The number of fused-ring (bicyclic) bond motifs is 1. The van der Waals surface area contributed by atoms with Gasteiger partial charge in [0.2, 0.25) is 0 Å².